The average Bonchev–Trinajstić information content (AvgIpc) is 3.34. The first-order valence-electron chi connectivity index (χ1n) is 9.65. The summed E-state index contributed by atoms with van der Waals surface area (Å²) in [5, 5.41) is 8.84. The Morgan fingerprint density at radius 3 is 2.60 bits per heavy atom. The van der Waals surface area contributed by atoms with Crippen LogP contribution < -0.4 is 5.32 Å². The van der Waals surface area contributed by atoms with Crippen molar-refractivity contribution in [1.29, 1.82) is 0 Å². The molecule has 0 radical (unpaired) electrons. The van der Waals surface area contributed by atoms with Gasteiger partial charge >= 0.3 is 5.97 Å². The van der Waals surface area contributed by atoms with Crippen LogP contribution in [0.3, 0.4) is 0 Å². The number of benzene rings is 1. The molecule has 0 atom stereocenters. The van der Waals surface area contributed by atoms with Gasteiger partial charge in [-0.3, -0.25) is 4.79 Å². The van der Waals surface area contributed by atoms with Crippen LogP contribution in [-0.2, 0) is 11.3 Å². The molecule has 1 aromatic carbocycles. The summed E-state index contributed by atoms with van der Waals surface area (Å²) in [5.74, 6) is 0.123. The van der Waals surface area contributed by atoms with Gasteiger partial charge in [0.1, 0.15) is 10.6 Å². The van der Waals surface area contributed by atoms with Crippen molar-refractivity contribution >= 4 is 34.6 Å². The number of furan rings is 1. The van der Waals surface area contributed by atoms with Gasteiger partial charge in [0.05, 0.1) is 5.71 Å². The summed E-state index contributed by atoms with van der Waals surface area (Å²) in [7, 11) is 0. The molecule has 7 heteroatoms. The summed E-state index contributed by atoms with van der Waals surface area (Å²) in [6.07, 6.45) is 1.28. The quantitative estimate of drug-likeness (QED) is 0.449. The molecule has 1 aliphatic carbocycles. The van der Waals surface area contributed by atoms with Crippen LogP contribution in [0.1, 0.15) is 57.4 Å². The maximum absolute atomic E-state index is 12.8. The number of nitrogens with zero attached hydrogens (tertiary/aromatic N) is 1. The van der Waals surface area contributed by atoms with Crippen molar-refractivity contribution in [3.05, 3.63) is 75.4 Å². The Hall–Kier alpha value is -3.19. The van der Waals surface area contributed by atoms with E-state index in [9.17, 15) is 9.59 Å². The van der Waals surface area contributed by atoms with E-state index in [4.69, 9.17) is 9.25 Å². The SMILES string of the molecule is Cc1c(C(=O)Nc2ccccc2)oc2c1/C(=N/OC(=O)c1cccs1)CC(C)(C)C2. The van der Waals surface area contributed by atoms with Gasteiger partial charge in [-0.15, -0.1) is 11.3 Å². The van der Waals surface area contributed by atoms with Crippen LogP contribution in [0.5, 0.6) is 0 Å². The molecule has 0 spiro atoms. The van der Waals surface area contributed by atoms with E-state index in [1.807, 2.05) is 42.6 Å². The zero-order chi connectivity index (χ0) is 21.3. The van der Waals surface area contributed by atoms with E-state index in [1.54, 1.807) is 12.1 Å². The second-order valence-electron chi connectivity index (χ2n) is 8.09. The third-order valence-corrected chi connectivity index (χ3v) is 5.84. The lowest BCUT2D eigenvalue weighted by Gasteiger charge is -2.29. The first-order valence-corrected chi connectivity index (χ1v) is 10.5. The lowest BCUT2D eigenvalue weighted by molar-refractivity contribution is 0.0519. The highest BCUT2D eigenvalue weighted by Crippen LogP contribution is 2.39. The van der Waals surface area contributed by atoms with Gasteiger partial charge in [0.25, 0.3) is 5.91 Å². The third-order valence-electron chi connectivity index (χ3n) is 4.99. The number of hydrogen-bond acceptors (Lipinski definition) is 6. The van der Waals surface area contributed by atoms with Crippen LogP contribution in [0.15, 0.2) is 57.4 Å². The number of nitrogens with one attached hydrogen (secondary N) is 1. The minimum atomic E-state index is -0.495. The summed E-state index contributed by atoms with van der Waals surface area (Å²) in [4.78, 5) is 30.7. The Bertz CT molecular complexity index is 1110. The van der Waals surface area contributed by atoms with Gasteiger partial charge in [-0.1, -0.05) is 43.3 Å². The summed E-state index contributed by atoms with van der Waals surface area (Å²) < 4.78 is 5.98. The van der Waals surface area contributed by atoms with Crippen molar-refractivity contribution in [2.75, 3.05) is 5.32 Å². The number of para-hydroxylation sites is 1. The molecule has 0 bridgehead atoms. The van der Waals surface area contributed by atoms with Crippen molar-refractivity contribution in [3.63, 3.8) is 0 Å². The van der Waals surface area contributed by atoms with Crippen molar-refractivity contribution in [3.8, 4) is 0 Å². The maximum Gasteiger partial charge on any atom is 0.375 e. The van der Waals surface area contributed by atoms with E-state index >= 15 is 0 Å². The number of carbonyl (C=O) groups excluding carboxylic acids is 2. The summed E-state index contributed by atoms with van der Waals surface area (Å²) in [6.45, 7) is 6.01. The molecule has 0 saturated carbocycles. The number of oxime groups is 1. The molecule has 3 aromatic rings. The number of amides is 1. The van der Waals surface area contributed by atoms with Gasteiger partial charge < -0.3 is 14.6 Å². The van der Waals surface area contributed by atoms with E-state index in [0.29, 0.717) is 40.4 Å². The molecule has 0 aliphatic heterocycles. The molecule has 2 heterocycles. The molecule has 1 N–H and O–H groups in total. The summed E-state index contributed by atoms with van der Waals surface area (Å²) in [6, 6.07) is 12.7. The predicted octanol–water partition coefficient (Wildman–Crippen LogP) is 5.44. The minimum absolute atomic E-state index is 0.140. The smallest absolute Gasteiger partial charge is 0.375 e. The fourth-order valence-electron chi connectivity index (χ4n) is 3.65. The molecule has 6 nitrogen and oxygen atoms in total. The molecule has 0 unspecified atom stereocenters. The Balaban J connectivity index is 1.65. The molecule has 0 saturated heterocycles. The van der Waals surface area contributed by atoms with E-state index in [0.717, 1.165) is 5.56 Å². The van der Waals surface area contributed by atoms with Crippen molar-refractivity contribution in [2.45, 2.75) is 33.6 Å². The van der Waals surface area contributed by atoms with E-state index in [-0.39, 0.29) is 17.1 Å². The van der Waals surface area contributed by atoms with Gasteiger partial charge in [0.2, 0.25) is 0 Å². The van der Waals surface area contributed by atoms with Gasteiger partial charge in [-0.2, -0.15) is 0 Å². The summed E-state index contributed by atoms with van der Waals surface area (Å²) in [5.41, 5.74) is 2.62. The maximum atomic E-state index is 12.8. The summed E-state index contributed by atoms with van der Waals surface area (Å²) >= 11 is 1.30. The van der Waals surface area contributed by atoms with Crippen LogP contribution in [0.25, 0.3) is 0 Å². The molecule has 1 aliphatic rings. The molecular formula is C23H22N2O4S. The number of rotatable bonds is 4. The lowest BCUT2D eigenvalue weighted by atomic mass is 9.75. The van der Waals surface area contributed by atoms with Crippen LogP contribution in [-0.4, -0.2) is 17.6 Å². The Morgan fingerprint density at radius 2 is 1.90 bits per heavy atom. The topological polar surface area (TPSA) is 80.9 Å². The molecule has 30 heavy (non-hydrogen) atoms. The monoisotopic (exact) mass is 422 g/mol. The number of anilines is 1. The number of fused-ring (bicyclic) bond motifs is 1. The Labute approximate surface area is 178 Å². The van der Waals surface area contributed by atoms with E-state index in [1.165, 1.54) is 11.3 Å². The van der Waals surface area contributed by atoms with Crippen molar-refractivity contribution in [2.24, 2.45) is 10.6 Å². The number of thiophene rings is 1. The highest BCUT2D eigenvalue weighted by molar-refractivity contribution is 7.11. The molecule has 2 aromatic heterocycles. The fraction of sp³-hybridized carbons (Fsp3) is 0.261. The zero-order valence-corrected chi connectivity index (χ0v) is 17.8. The Morgan fingerprint density at radius 1 is 1.13 bits per heavy atom. The highest BCUT2D eigenvalue weighted by Gasteiger charge is 2.36. The van der Waals surface area contributed by atoms with Crippen LogP contribution in [0.4, 0.5) is 5.69 Å². The second-order valence-corrected chi connectivity index (χ2v) is 9.03. The standard InChI is InChI=1S/C23H22N2O4S/c1-14-19-16(25-29-22(27)18-10-7-11-30-18)12-23(2,3)13-17(19)28-20(14)21(26)24-15-8-5-4-6-9-15/h4-11H,12-13H2,1-3H3,(H,24,26)/b25-16+. The minimum Gasteiger partial charge on any atom is -0.455 e. The normalized spacial score (nSPS) is 16.2. The molecule has 4 rings (SSSR count). The zero-order valence-electron chi connectivity index (χ0n) is 17.0. The van der Waals surface area contributed by atoms with E-state index in [2.05, 4.69) is 24.3 Å². The number of carbonyl (C=O) groups is 2. The number of hydrogen-bond donors (Lipinski definition) is 1. The molecule has 1 amide bonds. The van der Waals surface area contributed by atoms with Crippen LogP contribution >= 0.6 is 11.3 Å². The predicted molar refractivity (Wildman–Crippen MR) is 116 cm³/mol. The van der Waals surface area contributed by atoms with E-state index < -0.39 is 5.97 Å². The highest BCUT2D eigenvalue weighted by atomic mass is 32.1. The average molecular weight is 423 g/mol. The van der Waals surface area contributed by atoms with Gasteiger partial charge in [0.15, 0.2) is 5.76 Å². The van der Waals surface area contributed by atoms with Crippen molar-refractivity contribution in [1.82, 2.24) is 0 Å². The second kappa shape index (κ2) is 7.91. The molecule has 0 fully saturated rings. The third kappa shape index (κ3) is 4.07. The van der Waals surface area contributed by atoms with Gasteiger partial charge in [-0.05, 0) is 42.3 Å². The largest absolute Gasteiger partial charge is 0.455 e. The van der Waals surface area contributed by atoms with Gasteiger partial charge in [0, 0.05) is 23.2 Å². The first kappa shape index (κ1) is 20.1. The lowest BCUT2D eigenvalue weighted by Crippen LogP contribution is -2.27. The van der Waals surface area contributed by atoms with Crippen LogP contribution in [0.2, 0.25) is 0 Å². The molecule has 154 valence electrons. The first-order chi connectivity index (χ1) is 14.3. The molecular weight excluding hydrogens is 400 g/mol. The van der Waals surface area contributed by atoms with Crippen molar-refractivity contribution < 1.29 is 18.8 Å². The van der Waals surface area contributed by atoms with Gasteiger partial charge in [-0.25, -0.2) is 4.79 Å². The van der Waals surface area contributed by atoms with Crippen LogP contribution in [0, 0.1) is 12.3 Å². The fourth-order valence-corrected chi connectivity index (χ4v) is 4.25. The Kier molecular flexibility index (Phi) is 5.30.